The number of alkyl halides is 1. The van der Waals surface area contributed by atoms with Gasteiger partial charge in [-0.1, -0.05) is 12.1 Å². The first-order valence-electron chi connectivity index (χ1n) is 9.41. The molecule has 0 fully saturated rings. The zero-order valence-electron chi connectivity index (χ0n) is 17.1. The van der Waals surface area contributed by atoms with Gasteiger partial charge in [0.1, 0.15) is 18.8 Å². The molecule has 11 heteroatoms. The highest BCUT2D eigenvalue weighted by Gasteiger charge is 2.24. The highest BCUT2D eigenvalue weighted by Crippen LogP contribution is 2.25. The first-order valence-corrected chi connectivity index (χ1v) is 9.41. The van der Waals surface area contributed by atoms with Gasteiger partial charge in [-0.15, -0.1) is 0 Å². The maximum absolute atomic E-state index is 12.9. The van der Waals surface area contributed by atoms with Gasteiger partial charge in [0.15, 0.2) is 11.4 Å². The van der Waals surface area contributed by atoms with Crippen LogP contribution in [0.5, 0.6) is 5.88 Å². The molecule has 0 unspecified atom stereocenters. The van der Waals surface area contributed by atoms with Gasteiger partial charge in [0, 0.05) is 12.1 Å². The number of benzene rings is 1. The second-order valence-electron chi connectivity index (χ2n) is 6.29. The van der Waals surface area contributed by atoms with Crippen LogP contribution < -0.4 is 21.1 Å². The van der Waals surface area contributed by atoms with Crippen molar-refractivity contribution in [2.75, 3.05) is 30.1 Å². The summed E-state index contributed by atoms with van der Waals surface area (Å²) in [6.07, 6.45) is -0.0487. The molecule has 2 rings (SSSR count). The van der Waals surface area contributed by atoms with E-state index in [9.17, 15) is 19.2 Å². The van der Waals surface area contributed by atoms with Crippen LogP contribution in [-0.2, 0) is 21.0 Å². The maximum atomic E-state index is 12.9. The van der Waals surface area contributed by atoms with Crippen molar-refractivity contribution in [2.45, 2.75) is 32.5 Å². The Morgan fingerprint density at radius 1 is 1.35 bits per heavy atom. The van der Waals surface area contributed by atoms with Gasteiger partial charge in [-0.05, 0) is 31.0 Å². The van der Waals surface area contributed by atoms with E-state index in [1.54, 1.807) is 25.1 Å². The summed E-state index contributed by atoms with van der Waals surface area (Å²) in [5, 5.41) is 15.0. The van der Waals surface area contributed by atoms with Crippen LogP contribution in [0.4, 0.5) is 21.8 Å². The summed E-state index contributed by atoms with van der Waals surface area (Å²) >= 11 is 0. The number of methoxy groups -OCH3 is 1. The van der Waals surface area contributed by atoms with Crippen molar-refractivity contribution >= 4 is 29.3 Å². The lowest BCUT2D eigenvalue weighted by Gasteiger charge is -2.20. The Hall–Kier alpha value is -3.94. The molecule has 1 amide bonds. The van der Waals surface area contributed by atoms with Gasteiger partial charge < -0.3 is 25.8 Å². The number of halogens is 1. The fraction of sp³-hybridized carbons (Fsp3) is 0.350. The number of carbonyl (C=O) groups is 2. The monoisotopic (exact) mass is 430 g/mol. The second kappa shape index (κ2) is 11.3. The Labute approximate surface area is 178 Å². The zero-order valence-corrected chi connectivity index (χ0v) is 17.1. The van der Waals surface area contributed by atoms with Crippen molar-refractivity contribution in [3.8, 4) is 11.9 Å². The van der Waals surface area contributed by atoms with Gasteiger partial charge in [-0.2, -0.15) is 15.2 Å². The van der Waals surface area contributed by atoms with E-state index in [1.165, 1.54) is 13.2 Å². The topological polar surface area (TPSA) is 152 Å². The minimum absolute atomic E-state index is 0.0130. The number of nitriles is 1. The molecule has 0 aliphatic heterocycles. The van der Waals surface area contributed by atoms with E-state index >= 15 is 0 Å². The van der Waals surface area contributed by atoms with E-state index in [-0.39, 0.29) is 42.7 Å². The summed E-state index contributed by atoms with van der Waals surface area (Å²) in [7, 11) is 1.24. The average molecular weight is 430 g/mol. The highest BCUT2D eigenvalue weighted by atomic mass is 19.1. The van der Waals surface area contributed by atoms with Gasteiger partial charge in [-0.3, -0.25) is 9.59 Å². The van der Waals surface area contributed by atoms with E-state index in [2.05, 4.69) is 25.3 Å². The molecule has 1 aromatic heterocycles. The number of nitrogen functional groups attached to an aromatic ring is 1. The van der Waals surface area contributed by atoms with Crippen molar-refractivity contribution < 1.29 is 23.5 Å². The number of anilines is 3. The lowest BCUT2D eigenvalue weighted by molar-refractivity contribution is -0.140. The molecule has 0 saturated carbocycles. The molecule has 2 aromatic rings. The molecule has 10 nitrogen and oxygen atoms in total. The number of aromatic nitrogens is 2. The van der Waals surface area contributed by atoms with Gasteiger partial charge >= 0.3 is 5.97 Å². The Kier molecular flexibility index (Phi) is 8.51. The van der Waals surface area contributed by atoms with Gasteiger partial charge in [0.2, 0.25) is 17.7 Å². The molecule has 31 heavy (non-hydrogen) atoms. The molecule has 164 valence electrons. The number of amides is 1. The minimum atomic E-state index is -0.996. The Morgan fingerprint density at radius 3 is 2.77 bits per heavy atom. The standard InChI is InChI=1S/C20H23FN6O4/c1-3-31-19-14(11-22)17(26-20(23)27-19)25-15(7-8-16(28)30-2)18(29)24-13-6-4-5-12(9-13)10-21/h4-6,9,15H,3,7-8,10H2,1-2H3,(H,24,29)(H3,23,25,26,27)/t15-/m0/s1. The lowest BCUT2D eigenvalue weighted by Crippen LogP contribution is -2.36. The quantitative estimate of drug-likeness (QED) is 0.481. The van der Waals surface area contributed by atoms with Crippen LogP contribution >= 0.6 is 0 Å². The number of carbonyl (C=O) groups excluding carboxylic acids is 2. The molecule has 0 spiro atoms. The zero-order chi connectivity index (χ0) is 22.8. The number of esters is 1. The predicted octanol–water partition coefficient (Wildman–Crippen LogP) is 2.17. The van der Waals surface area contributed by atoms with Crippen LogP contribution in [0.25, 0.3) is 0 Å². The smallest absolute Gasteiger partial charge is 0.305 e. The first-order chi connectivity index (χ1) is 14.9. The van der Waals surface area contributed by atoms with Crippen LogP contribution in [0, 0.1) is 11.3 Å². The molecular weight excluding hydrogens is 407 g/mol. The van der Waals surface area contributed by atoms with Crippen LogP contribution in [0.1, 0.15) is 30.9 Å². The highest BCUT2D eigenvalue weighted by molar-refractivity contribution is 5.97. The molecule has 0 bridgehead atoms. The molecule has 1 atom stereocenters. The molecule has 0 saturated heterocycles. The molecule has 1 aromatic carbocycles. The summed E-state index contributed by atoms with van der Waals surface area (Å²) < 4.78 is 22.9. The number of hydrogen-bond acceptors (Lipinski definition) is 9. The summed E-state index contributed by atoms with van der Waals surface area (Å²) in [5.74, 6) is -1.24. The van der Waals surface area contributed by atoms with Crippen LogP contribution in [0.3, 0.4) is 0 Å². The largest absolute Gasteiger partial charge is 0.477 e. The number of nitrogens with zero attached hydrogens (tertiary/aromatic N) is 3. The van der Waals surface area contributed by atoms with Gasteiger partial charge in [0.05, 0.1) is 13.7 Å². The maximum Gasteiger partial charge on any atom is 0.305 e. The van der Waals surface area contributed by atoms with Gasteiger partial charge in [-0.25, -0.2) is 4.39 Å². The molecule has 0 radical (unpaired) electrons. The van der Waals surface area contributed by atoms with Crippen molar-refractivity contribution in [1.29, 1.82) is 5.26 Å². The van der Waals surface area contributed by atoms with Crippen molar-refractivity contribution in [3.05, 3.63) is 35.4 Å². The minimum Gasteiger partial charge on any atom is -0.477 e. The van der Waals surface area contributed by atoms with Crippen LogP contribution in [-0.4, -0.2) is 41.6 Å². The van der Waals surface area contributed by atoms with Crippen molar-refractivity contribution in [1.82, 2.24) is 9.97 Å². The third-order valence-electron chi connectivity index (χ3n) is 4.13. The van der Waals surface area contributed by atoms with E-state index in [1.807, 2.05) is 6.07 Å². The van der Waals surface area contributed by atoms with Crippen molar-refractivity contribution in [2.24, 2.45) is 0 Å². The lowest BCUT2D eigenvalue weighted by atomic mass is 10.1. The Balaban J connectivity index is 2.32. The summed E-state index contributed by atoms with van der Waals surface area (Å²) in [5.41, 5.74) is 6.44. The number of hydrogen-bond donors (Lipinski definition) is 3. The Bertz CT molecular complexity index is 979. The Morgan fingerprint density at radius 2 is 2.13 bits per heavy atom. The fourth-order valence-corrected chi connectivity index (χ4v) is 2.66. The number of nitrogens with one attached hydrogen (secondary N) is 2. The van der Waals surface area contributed by atoms with Crippen molar-refractivity contribution in [3.63, 3.8) is 0 Å². The third kappa shape index (κ3) is 6.53. The molecule has 1 heterocycles. The normalized spacial score (nSPS) is 11.2. The first kappa shape index (κ1) is 23.3. The SMILES string of the molecule is CCOc1nc(N)nc(N[C@@H](CCC(=O)OC)C(=O)Nc2cccc(CF)c2)c1C#N. The van der Waals surface area contributed by atoms with E-state index < -0.39 is 24.6 Å². The molecule has 0 aliphatic rings. The predicted molar refractivity (Wildman–Crippen MR) is 111 cm³/mol. The van der Waals surface area contributed by atoms with Crippen LogP contribution in [0.15, 0.2) is 24.3 Å². The fourth-order valence-electron chi connectivity index (χ4n) is 2.66. The number of ether oxygens (including phenoxy) is 2. The third-order valence-corrected chi connectivity index (χ3v) is 4.13. The summed E-state index contributed by atoms with van der Waals surface area (Å²) in [6.45, 7) is 1.27. The second-order valence-corrected chi connectivity index (χ2v) is 6.29. The van der Waals surface area contributed by atoms with E-state index in [0.29, 0.717) is 11.3 Å². The number of rotatable bonds is 10. The molecule has 0 aliphatic carbocycles. The summed E-state index contributed by atoms with van der Waals surface area (Å²) in [6, 6.07) is 7.22. The molecule has 4 N–H and O–H groups in total. The molecular formula is C20H23FN6O4. The van der Waals surface area contributed by atoms with Gasteiger partial charge in [0.25, 0.3) is 0 Å². The average Bonchev–Trinajstić information content (AvgIpc) is 2.76. The number of nitrogens with two attached hydrogens (primary N) is 1. The van der Waals surface area contributed by atoms with E-state index in [4.69, 9.17) is 10.5 Å². The van der Waals surface area contributed by atoms with E-state index in [0.717, 1.165) is 0 Å². The summed E-state index contributed by atoms with van der Waals surface area (Å²) in [4.78, 5) is 32.4. The van der Waals surface area contributed by atoms with Crippen LogP contribution in [0.2, 0.25) is 0 Å².